The van der Waals surface area contributed by atoms with Crippen molar-refractivity contribution < 1.29 is 19.1 Å². The van der Waals surface area contributed by atoms with Crippen molar-refractivity contribution in [3.63, 3.8) is 0 Å². The topological polar surface area (TPSA) is 77.5 Å². The fourth-order valence-electron chi connectivity index (χ4n) is 3.51. The Hall–Kier alpha value is -1.96. The maximum Gasteiger partial charge on any atom is 0.331 e. The predicted octanol–water partition coefficient (Wildman–Crippen LogP) is 4.36. The third kappa shape index (κ3) is 5.59. The second-order valence-corrected chi connectivity index (χ2v) is 9.13. The molecule has 0 unspecified atom stereocenters. The van der Waals surface area contributed by atoms with Crippen LogP contribution in [-0.2, 0) is 25.5 Å². The van der Waals surface area contributed by atoms with Crippen LogP contribution in [0.3, 0.4) is 0 Å². The number of nitrogens with zero attached hydrogens (tertiary/aromatic N) is 1. The Kier molecular flexibility index (Phi) is 7.50. The predicted molar refractivity (Wildman–Crippen MR) is 118 cm³/mol. The lowest BCUT2D eigenvalue weighted by Crippen LogP contribution is -2.51. The molecule has 1 aliphatic heterocycles. The number of carbonyl (C=O) groups excluding carboxylic acids is 2. The fraction of sp³-hybridized carbons (Fsp3) is 0.500. The number of benzene rings is 1. The zero-order chi connectivity index (χ0) is 21.7. The van der Waals surface area contributed by atoms with Gasteiger partial charge in [-0.15, -0.1) is 11.3 Å². The van der Waals surface area contributed by atoms with E-state index in [0.29, 0.717) is 16.6 Å². The van der Waals surface area contributed by atoms with E-state index in [9.17, 15) is 9.59 Å². The number of ether oxygens (including phenoxy) is 2. The van der Waals surface area contributed by atoms with E-state index in [1.165, 1.54) is 16.9 Å². The van der Waals surface area contributed by atoms with E-state index in [-0.39, 0.29) is 18.9 Å². The van der Waals surface area contributed by atoms with Gasteiger partial charge in [-0.05, 0) is 57.2 Å². The van der Waals surface area contributed by atoms with Crippen LogP contribution in [0.15, 0.2) is 23.6 Å². The molecule has 1 aliphatic rings. The molecule has 1 amide bonds. The number of carbonyl (C=O) groups is 2. The van der Waals surface area contributed by atoms with Crippen LogP contribution in [0.4, 0.5) is 0 Å². The van der Waals surface area contributed by atoms with Gasteiger partial charge in [0.15, 0.2) is 0 Å². The van der Waals surface area contributed by atoms with Crippen molar-refractivity contribution in [2.24, 2.45) is 0 Å². The highest BCUT2D eigenvalue weighted by atomic mass is 35.5. The Bertz CT molecular complexity index is 906. The fourth-order valence-corrected chi connectivity index (χ4v) is 4.55. The molecule has 3 rings (SSSR count). The maximum atomic E-state index is 12.5. The van der Waals surface area contributed by atoms with Gasteiger partial charge in [0.1, 0.15) is 10.5 Å². The molecule has 1 N–H and O–H groups in total. The highest BCUT2D eigenvalue weighted by Crippen LogP contribution is 2.37. The summed E-state index contributed by atoms with van der Waals surface area (Å²) in [6.45, 7) is 6.75. The summed E-state index contributed by atoms with van der Waals surface area (Å²) in [6.07, 6.45) is 2.01. The van der Waals surface area contributed by atoms with Crippen molar-refractivity contribution in [1.82, 2.24) is 10.3 Å². The SMILES string of the molecule is CCOC(=O)C(C)(C)NC(=O)Cc1csc(-c2ccc(Cl)cc2C2CCOCC2)n1. The lowest BCUT2D eigenvalue weighted by atomic mass is 9.88. The summed E-state index contributed by atoms with van der Waals surface area (Å²) in [7, 11) is 0. The first-order chi connectivity index (χ1) is 14.3. The Morgan fingerprint density at radius 3 is 2.77 bits per heavy atom. The normalized spacial score (nSPS) is 15.1. The van der Waals surface area contributed by atoms with Crippen LogP contribution in [0.25, 0.3) is 10.6 Å². The molecule has 2 heterocycles. The monoisotopic (exact) mass is 450 g/mol. The van der Waals surface area contributed by atoms with Crippen LogP contribution in [0.5, 0.6) is 0 Å². The molecule has 0 saturated carbocycles. The zero-order valence-corrected chi connectivity index (χ0v) is 19.1. The van der Waals surface area contributed by atoms with Gasteiger partial charge in [-0.25, -0.2) is 9.78 Å². The molecule has 1 fully saturated rings. The molecule has 6 nitrogen and oxygen atoms in total. The Morgan fingerprint density at radius 2 is 2.07 bits per heavy atom. The van der Waals surface area contributed by atoms with Gasteiger partial charge in [0.2, 0.25) is 5.91 Å². The van der Waals surface area contributed by atoms with E-state index in [4.69, 9.17) is 21.1 Å². The van der Waals surface area contributed by atoms with Crippen molar-refractivity contribution in [2.75, 3.05) is 19.8 Å². The lowest BCUT2D eigenvalue weighted by molar-refractivity contribution is -0.151. The van der Waals surface area contributed by atoms with Gasteiger partial charge >= 0.3 is 5.97 Å². The molecule has 0 bridgehead atoms. The van der Waals surface area contributed by atoms with Crippen molar-refractivity contribution in [2.45, 2.75) is 51.5 Å². The Labute approximate surface area is 185 Å². The number of halogens is 1. The summed E-state index contributed by atoms with van der Waals surface area (Å²) < 4.78 is 10.5. The van der Waals surface area contributed by atoms with Crippen molar-refractivity contribution in [3.05, 3.63) is 39.9 Å². The van der Waals surface area contributed by atoms with Gasteiger partial charge in [-0.1, -0.05) is 17.7 Å². The number of hydrogen-bond donors (Lipinski definition) is 1. The van der Waals surface area contributed by atoms with Crippen LogP contribution < -0.4 is 5.32 Å². The molecule has 0 atom stereocenters. The first-order valence-electron chi connectivity index (χ1n) is 10.1. The molecular formula is C22H27ClN2O4S. The highest BCUT2D eigenvalue weighted by molar-refractivity contribution is 7.13. The summed E-state index contributed by atoms with van der Waals surface area (Å²) in [5.41, 5.74) is 1.81. The summed E-state index contributed by atoms with van der Waals surface area (Å²) in [5, 5.41) is 6.18. The molecule has 1 aromatic heterocycles. The summed E-state index contributed by atoms with van der Waals surface area (Å²) in [4.78, 5) is 29.1. The van der Waals surface area contributed by atoms with Gasteiger partial charge in [-0.2, -0.15) is 0 Å². The van der Waals surface area contributed by atoms with Crippen LogP contribution in [0, 0.1) is 0 Å². The molecule has 0 radical (unpaired) electrons. The smallest absolute Gasteiger partial charge is 0.331 e. The number of amides is 1. The summed E-state index contributed by atoms with van der Waals surface area (Å²) in [5.74, 6) is -0.348. The third-order valence-electron chi connectivity index (χ3n) is 5.04. The molecule has 1 saturated heterocycles. The third-order valence-corrected chi connectivity index (χ3v) is 6.20. The van der Waals surface area contributed by atoms with E-state index < -0.39 is 11.5 Å². The second-order valence-electron chi connectivity index (χ2n) is 7.83. The molecule has 2 aromatic rings. The van der Waals surface area contributed by atoms with E-state index >= 15 is 0 Å². The van der Waals surface area contributed by atoms with Crippen molar-refractivity contribution in [1.29, 1.82) is 0 Å². The van der Waals surface area contributed by atoms with E-state index in [0.717, 1.165) is 36.6 Å². The first kappa shape index (κ1) is 22.7. The number of rotatable bonds is 7. The second kappa shape index (κ2) is 9.90. The minimum atomic E-state index is -1.08. The van der Waals surface area contributed by atoms with Crippen LogP contribution >= 0.6 is 22.9 Å². The van der Waals surface area contributed by atoms with Gasteiger partial charge in [0.05, 0.1) is 18.7 Å². The average molecular weight is 451 g/mol. The standard InChI is InChI=1S/C22H27ClN2O4S/c1-4-29-21(27)22(2,3)25-19(26)12-16-13-30-20(24-16)17-6-5-15(23)11-18(17)14-7-9-28-10-8-14/h5-6,11,13-14H,4,7-10,12H2,1-3H3,(H,25,26). The Morgan fingerprint density at radius 1 is 1.33 bits per heavy atom. The molecule has 1 aromatic carbocycles. The maximum absolute atomic E-state index is 12.5. The summed E-state index contributed by atoms with van der Waals surface area (Å²) >= 11 is 7.77. The molecule has 30 heavy (non-hydrogen) atoms. The number of aromatic nitrogens is 1. The minimum Gasteiger partial charge on any atom is -0.464 e. The number of nitrogens with one attached hydrogen (secondary N) is 1. The van der Waals surface area contributed by atoms with Gasteiger partial charge in [0, 0.05) is 29.2 Å². The van der Waals surface area contributed by atoms with E-state index in [2.05, 4.69) is 10.3 Å². The zero-order valence-electron chi connectivity index (χ0n) is 17.5. The van der Waals surface area contributed by atoms with Gasteiger partial charge < -0.3 is 14.8 Å². The molecule has 162 valence electrons. The molecule has 0 spiro atoms. The quantitative estimate of drug-likeness (QED) is 0.634. The lowest BCUT2D eigenvalue weighted by Gasteiger charge is -2.24. The first-order valence-corrected chi connectivity index (χ1v) is 11.4. The largest absolute Gasteiger partial charge is 0.464 e. The number of thiazole rings is 1. The van der Waals surface area contributed by atoms with E-state index in [1.54, 1.807) is 20.8 Å². The Balaban J connectivity index is 1.74. The van der Waals surface area contributed by atoms with Crippen LogP contribution in [0.2, 0.25) is 5.02 Å². The van der Waals surface area contributed by atoms with Crippen molar-refractivity contribution >= 4 is 34.8 Å². The van der Waals surface area contributed by atoms with E-state index in [1.807, 2.05) is 23.6 Å². The molecular weight excluding hydrogens is 424 g/mol. The number of esters is 1. The van der Waals surface area contributed by atoms with Gasteiger partial charge in [0.25, 0.3) is 0 Å². The van der Waals surface area contributed by atoms with Crippen LogP contribution in [-0.4, -0.2) is 42.2 Å². The molecule has 0 aliphatic carbocycles. The van der Waals surface area contributed by atoms with Gasteiger partial charge in [-0.3, -0.25) is 4.79 Å². The average Bonchev–Trinajstić information content (AvgIpc) is 3.16. The minimum absolute atomic E-state index is 0.0968. The highest BCUT2D eigenvalue weighted by Gasteiger charge is 2.31. The van der Waals surface area contributed by atoms with Crippen molar-refractivity contribution in [3.8, 4) is 10.6 Å². The summed E-state index contributed by atoms with van der Waals surface area (Å²) in [6, 6.07) is 5.89. The number of hydrogen-bond acceptors (Lipinski definition) is 6. The molecule has 8 heteroatoms. The van der Waals surface area contributed by atoms with Crippen LogP contribution in [0.1, 0.15) is 50.8 Å².